The van der Waals surface area contributed by atoms with Crippen LogP contribution >= 0.6 is 0 Å². The van der Waals surface area contributed by atoms with Crippen molar-refractivity contribution in [1.29, 1.82) is 0 Å². The van der Waals surface area contributed by atoms with Crippen LogP contribution in [0.4, 0.5) is 0 Å². The third-order valence-electron chi connectivity index (χ3n) is 1.05. The van der Waals surface area contributed by atoms with Gasteiger partial charge >= 0.3 is 5.97 Å². The van der Waals surface area contributed by atoms with Crippen molar-refractivity contribution >= 4 is 5.97 Å². The summed E-state index contributed by atoms with van der Waals surface area (Å²) in [6, 6.07) is 0. The number of carboxylic acids is 1. The number of aromatic nitrogens is 3. The van der Waals surface area contributed by atoms with Gasteiger partial charge in [0.25, 0.3) is 0 Å². The predicted octanol–water partition coefficient (Wildman–Crippen LogP) is -1.02. The highest BCUT2D eigenvalue weighted by atomic mass is 16.4. The average molecular weight is 156 g/mol. The van der Waals surface area contributed by atoms with Gasteiger partial charge in [0.2, 0.25) is 0 Å². The summed E-state index contributed by atoms with van der Waals surface area (Å²) in [5.41, 5.74) is 0.700. The van der Waals surface area contributed by atoms with Crippen molar-refractivity contribution in [3.8, 4) is 0 Å². The first-order valence-electron chi connectivity index (χ1n) is 3.06. The zero-order chi connectivity index (χ0) is 8.10. The first-order valence-corrected chi connectivity index (χ1v) is 3.06. The summed E-state index contributed by atoms with van der Waals surface area (Å²) >= 11 is 0. The van der Waals surface area contributed by atoms with Crippen LogP contribution in [0.2, 0.25) is 0 Å². The van der Waals surface area contributed by atoms with Crippen LogP contribution in [0.15, 0.2) is 6.20 Å². The maximum absolute atomic E-state index is 10.0. The van der Waals surface area contributed by atoms with Crippen LogP contribution in [0.25, 0.3) is 0 Å². The molecule has 0 aromatic carbocycles. The van der Waals surface area contributed by atoms with E-state index in [1.165, 1.54) is 6.20 Å². The maximum Gasteiger partial charge on any atom is 0.317 e. The molecule has 1 aromatic rings. The first kappa shape index (κ1) is 7.67. The Morgan fingerprint density at radius 1 is 1.82 bits per heavy atom. The number of nitrogens with zero attached hydrogens (tertiary/aromatic N) is 2. The molecular weight excluding hydrogens is 148 g/mol. The third kappa shape index (κ3) is 2.76. The van der Waals surface area contributed by atoms with Crippen LogP contribution in [-0.4, -0.2) is 33.0 Å². The van der Waals surface area contributed by atoms with E-state index in [0.29, 0.717) is 12.2 Å². The molecule has 0 bridgehead atoms. The molecule has 11 heavy (non-hydrogen) atoms. The topological polar surface area (TPSA) is 90.9 Å². The van der Waals surface area contributed by atoms with Crippen molar-refractivity contribution in [2.75, 3.05) is 6.54 Å². The fourth-order valence-corrected chi connectivity index (χ4v) is 0.608. The van der Waals surface area contributed by atoms with Crippen molar-refractivity contribution in [2.45, 2.75) is 6.54 Å². The van der Waals surface area contributed by atoms with Crippen LogP contribution in [0, 0.1) is 0 Å². The minimum atomic E-state index is -0.881. The van der Waals surface area contributed by atoms with Crippen LogP contribution in [0.3, 0.4) is 0 Å². The minimum Gasteiger partial charge on any atom is -0.480 e. The normalized spacial score (nSPS) is 9.82. The van der Waals surface area contributed by atoms with Crippen molar-refractivity contribution < 1.29 is 9.90 Å². The molecule has 6 nitrogen and oxygen atoms in total. The molecule has 6 heteroatoms. The van der Waals surface area contributed by atoms with E-state index in [0.717, 1.165) is 0 Å². The van der Waals surface area contributed by atoms with E-state index in [1.54, 1.807) is 0 Å². The van der Waals surface area contributed by atoms with Gasteiger partial charge in [0.05, 0.1) is 18.4 Å². The highest BCUT2D eigenvalue weighted by Crippen LogP contribution is 1.85. The quantitative estimate of drug-likeness (QED) is 0.519. The molecule has 1 aromatic heterocycles. The Morgan fingerprint density at radius 3 is 3.18 bits per heavy atom. The number of rotatable bonds is 4. The zero-order valence-electron chi connectivity index (χ0n) is 5.74. The number of carbonyl (C=O) groups is 1. The molecule has 60 valence electrons. The smallest absolute Gasteiger partial charge is 0.317 e. The molecule has 0 atom stereocenters. The van der Waals surface area contributed by atoms with Gasteiger partial charge in [0.15, 0.2) is 0 Å². The Hall–Kier alpha value is -1.43. The Kier molecular flexibility index (Phi) is 2.56. The molecule has 0 aliphatic heterocycles. The highest BCUT2D eigenvalue weighted by Gasteiger charge is 1.97. The zero-order valence-corrected chi connectivity index (χ0v) is 5.74. The molecule has 0 radical (unpaired) electrons. The molecular formula is C5H8N4O2. The lowest BCUT2D eigenvalue weighted by atomic mass is 10.4. The van der Waals surface area contributed by atoms with E-state index in [2.05, 4.69) is 20.7 Å². The monoisotopic (exact) mass is 156 g/mol. The molecule has 1 rings (SSSR count). The van der Waals surface area contributed by atoms with Crippen molar-refractivity contribution in [2.24, 2.45) is 0 Å². The Balaban J connectivity index is 2.19. The van der Waals surface area contributed by atoms with Gasteiger partial charge in [-0.3, -0.25) is 4.79 Å². The number of nitrogens with one attached hydrogen (secondary N) is 2. The first-order chi connectivity index (χ1) is 5.29. The van der Waals surface area contributed by atoms with Gasteiger partial charge in [0, 0.05) is 6.54 Å². The van der Waals surface area contributed by atoms with E-state index in [1.807, 2.05) is 0 Å². The molecule has 0 saturated heterocycles. The molecule has 0 aliphatic rings. The molecule has 0 aliphatic carbocycles. The Morgan fingerprint density at radius 2 is 2.64 bits per heavy atom. The molecule has 3 N–H and O–H groups in total. The predicted molar refractivity (Wildman–Crippen MR) is 35.7 cm³/mol. The summed E-state index contributed by atoms with van der Waals surface area (Å²) in [7, 11) is 0. The summed E-state index contributed by atoms with van der Waals surface area (Å²) in [5, 5.41) is 20.6. The van der Waals surface area contributed by atoms with Gasteiger partial charge in [-0.15, -0.1) is 0 Å². The molecule has 0 fully saturated rings. The highest BCUT2D eigenvalue weighted by molar-refractivity contribution is 5.68. The summed E-state index contributed by atoms with van der Waals surface area (Å²) < 4.78 is 0. The van der Waals surface area contributed by atoms with Crippen LogP contribution in [0.5, 0.6) is 0 Å². The maximum atomic E-state index is 10.0. The van der Waals surface area contributed by atoms with Gasteiger partial charge in [-0.2, -0.15) is 15.4 Å². The number of carboxylic acid groups (broad SMARTS) is 1. The second kappa shape index (κ2) is 3.67. The fourth-order valence-electron chi connectivity index (χ4n) is 0.608. The number of aliphatic carboxylic acids is 1. The van der Waals surface area contributed by atoms with Crippen LogP contribution in [0.1, 0.15) is 5.69 Å². The lowest BCUT2D eigenvalue weighted by Crippen LogP contribution is -2.21. The van der Waals surface area contributed by atoms with Gasteiger partial charge in [0.1, 0.15) is 0 Å². The molecule has 0 spiro atoms. The van der Waals surface area contributed by atoms with E-state index >= 15 is 0 Å². The fraction of sp³-hybridized carbons (Fsp3) is 0.400. The van der Waals surface area contributed by atoms with E-state index in [-0.39, 0.29) is 6.54 Å². The molecule has 0 unspecified atom stereocenters. The summed E-state index contributed by atoms with van der Waals surface area (Å²) in [6.45, 7) is 0.357. The van der Waals surface area contributed by atoms with Crippen molar-refractivity contribution in [1.82, 2.24) is 20.7 Å². The SMILES string of the molecule is O=C(O)CNCc1cn[nH]n1. The van der Waals surface area contributed by atoms with E-state index in [9.17, 15) is 4.79 Å². The van der Waals surface area contributed by atoms with Crippen molar-refractivity contribution in [3.63, 3.8) is 0 Å². The minimum absolute atomic E-state index is 0.0626. The standard InChI is InChI=1S/C5H8N4O2/c10-5(11)3-6-1-4-2-7-9-8-4/h2,6H,1,3H2,(H,10,11)(H,7,8,9). The van der Waals surface area contributed by atoms with Crippen molar-refractivity contribution in [3.05, 3.63) is 11.9 Å². The second-order valence-electron chi connectivity index (χ2n) is 1.96. The van der Waals surface area contributed by atoms with Gasteiger partial charge in [-0.05, 0) is 0 Å². The van der Waals surface area contributed by atoms with E-state index < -0.39 is 5.97 Å². The van der Waals surface area contributed by atoms with Gasteiger partial charge in [-0.25, -0.2) is 0 Å². The lowest BCUT2D eigenvalue weighted by Gasteiger charge is -1.95. The van der Waals surface area contributed by atoms with Gasteiger partial charge < -0.3 is 10.4 Å². The number of hydrogen-bond donors (Lipinski definition) is 3. The average Bonchev–Trinajstić information content (AvgIpc) is 2.39. The largest absolute Gasteiger partial charge is 0.480 e. The van der Waals surface area contributed by atoms with Crippen LogP contribution in [-0.2, 0) is 11.3 Å². The Labute approximate surface area is 62.6 Å². The summed E-state index contributed by atoms with van der Waals surface area (Å²) in [4.78, 5) is 10.0. The molecule has 0 saturated carbocycles. The summed E-state index contributed by atoms with van der Waals surface area (Å²) in [6.07, 6.45) is 1.54. The second-order valence-corrected chi connectivity index (χ2v) is 1.96. The van der Waals surface area contributed by atoms with E-state index in [4.69, 9.17) is 5.11 Å². The Bertz CT molecular complexity index is 220. The van der Waals surface area contributed by atoms with Crippen LogP contribution < -0.4 is 5.32 Å². The molecule has 0 amide bonds. The lowest BCUT2D eigenvalue weighted by molar-refractivity contribution is -0.135. The summed E-state index contributed by atoms with van der Waals surface area (Å²) in [5.74, 6) is -0.881. The molecule has 1 heterocycles. The number of aromatic amines is 1. The number of hydrogen-bond acceptors (Lipinski definition) is 4. The third-order valence-corrected chi connectivity index (χ3v) is 1.05. The number of H-pyrrole nitrogens is 1. The van der Waals surface area contributed by atoms with Gasteiger partial charge in [-0.1, -0.05) is 0 Å².